The first kappa shape index (κ1) is 10.6. The second-order valence-corrected chi connectivity index (χ2v) is 6.30. The van der Waals surface area contributed by atoms with Crippen LogP contribution in [0.5, 0.6) is 0 Å². The van der Waals surface area contributed by atoms with Gasteiger partial charge < -0.3 is 5.73 Å². The first-order valence-electron chi connectivity index (χ1n) is 4.99. The summed E-state index contributed by atoms with van der Waals surface area (Å²) in [5.74, 6) is 0. The molecule has 15 heavy (non-hydrogen) atoms. The van der Waals surface area contributed by atoms with Crippen LogP contribution in [0.3, 0.4) is 0 Å². The van der Waals surface area contributed by atoms with Crippen LogP contribution in [0, 0.1) is 0 Å². The Balaban J connectivity index is 2.33. The smallest absolute Gasteiger partial charge is 0.175 e. The highest BCUT2D eigenvalue weighted by molar-refractivity contribution is 7.90. The van der Waals surface area contributed by atoms with Gasteiger partial charge in [0, 0.05) is 18.2 Å². The molecule has 1 aliphatic carbocycles. The summed E-state index contributed by atoms with van der Waals surface area (Å²) in [7, 11) is -3.08. The Kier molecular flexibility index (Phi) is 2.35. The molecule has 82 valence electrons. The molecule has 0 amide bonds. The maximum atomic E-state index is 11.3. The van der Waals surface area contributed by atoms with Crippen LogP contribution in [0.25, 0.3) is 0 Å². The predicted molar refractivity (Wildman–Crippen MR) is 59.5 cm³/mol. The summed E-state index contributed by atoms with van der Waals surface area (Å²) < 4.78 is 22.5. The Labute approximate surface area is 90.2 Å². The van der Waals surface area contributed by atoms with Crippen molar-refractivity contribution in [3.8, 4) is 0 Å². The third-order valence-corrected chi connectivity index (χ3v) is 4.27. The first-order valence-corrected chi connectivity index (χ1v) is 6.88. The molecule has 0 aromatic heterocycles. The molecule has 0 aliphatic heterocycles. The molecule has 0 heterocycles. The lowest BCUT2D eigenvalue weighted by molar-refractivity contribution is 0.601. The highest BCUT2D eigenvalue weighted by Gasteiger charge is 2.42. The molecule has 0 spiro atoms. The Hall–Kier alpha value is -0.870. The van der Waals surface area contributed by atoms with E-state index in [-0.39, 0.29) is 5.41 Å². The van der Waals surface area contributed by atoms with Crippen LogP contribution in [0.1, 0.15) is 18.4 Å². The Morgan fingerprint density at radius 3 is 2.13 bits per heavy atom. The van der Waals surface area contributed by atoms with Gasteiger partial charge in [0.25, 0.3) is 0 Å². The highest BCUT2D eigenvalue weighted by atomic mass is 32.2. The third-order valence-electron chi connectivity index (χ3n) is 3.14. The molecule has 0 radical (unpaired) electrons. The summed E-state index contributed by atoms with van der Waals surface area (Å²) in [4.78, 5) is 0.374. The fraction of sp³-hybridized carbons (Fsp3) is 0.455. The zero-order chi connectivity index (χ0) is 11.1. The third kappa shape index (κ3) is 1.92. The summed E-state index contributed by atoms with van der Waals surface area (Å²) >= 11 is 0. The molecule has 0 atom stereocenters. The average Bonchev–Trinajstić information content (AvgIpc) is 2.97. The normalized spacial score (nSPS) is 18.8. The van der Waals surface area contributed by atoms with Gasteiger partial charge in [0.15, 0.2) is 9.84 Å². The molecular weight excluding hydrogens is 210 g/mol. The predicted octanol–water partition coefficient (Wildman–Crippen LogP) is 1.08. The van der Waals surface area contributed by atoms with E-state index < -0.39 is 9.84 Å². The van der Waals surface area contributed by atoms with E-state index in [0.717, 1.165) is 18.4 Å². The lowest BCUT2D eigenvalue weighted by atomic mass is 9.96. The quantitative estimate of drug-likeness (QED) is 0.837. The van der Waals surface area contributed by atoms with Crippen molar-refractivity contribution in [1.29, 1.82) is 0 Å². The minimum atomic E-state index is -3.08. The molecule has 1 aromatic rings. The van der Waals surface area contributed by atoms with Crippen molar-refractivity contribution in [3.63, 3.8) is 0 Å². The van der Waals surface area contributed by atoms with E-state index in [9.17, 15) is 8.42 Å². The molecule has 3 nitrogen and oxygen atoms in total. The molecule has 1 aliphatic rings. The van der Waals surface area contributed by atoms with Crippen molar-refractivity contribution < 1.29 is 8.42 Å². The fourth-order valence-electron chi connectivity index (χ4n) is 1.82. The molecule has 0 unspecified atom stereocenters. The summed E-state index contributed by atoms with van der Waals surface area (Å²) in [6.45, 7) is 0.644. The Morgan fingerprint density at radius 2 is 1.80 bits per heavy atom. The minimum absolute atomic E-state index is 0.135. The van der Waals surface area contributed by atoms with E-state index >= 15 is 0 Å². The van der Waals surface area contributed by atoms with Gasteiger partial charge in [-0.05, 0) is 30.5 Å². The second-order valence-electron chi connectivity index (χ2n) is 4.28. The van der Waals surface area contributed by atoms with Gasteiger partial charge in [-0.2, -0.15) is 0 Å². The van der Waals surface area contributed by atoms with Gasteiger partial charge in [0.1, 0.15) is 0 Å². The van der Waals surface area contributed by atoms with E-state index in [1.54, 1.807) is 12.1 Å². The zero-order valence-electron chi connectivity index (χ0n) is 8.73. The van der Waals surface area contributed by atoms with Crippen LogP contribution < -0.4 is 5.73 Å². The van der Waals surface area contributed by atoms with Crippen molar-refractivity contribution in [3.05, 3.63) is 29.8 Å². The van der Waals surface area contributed by atoms with E-state index in [1.165, 1.54) is 6.26 Å². The van der Waals surface area contributed by atoms with Gasteiger partial charge in [0.05, 0.1) is 4.90 Å². The summed E-state index contributed by atoms with van der Waals surface area (Å²) in [6.07, 6.45) is 3.45. The topological polar surface area (TPSA) is 60.2 Å². The van der Waals surface area contributed by atoms with Gasteiger partial charge in [-0.1, -0.05) is 12.1 Å². The SMILES string of the molecule is CS(=O)(=O)c1ccc(C2(CN)CC2)cc1. The van der Waals surface area contributed by atoms with Crippen molar-refractivity contribution in [2.75, 3.05) is 12.8 Å². The van der Waals surface area contributed by atoms with Crippen molar-refractivity contribution in [2.45, 2.75) is 23.2 Å². The van der Waals surface area contributed by atoms with Crippen LogP contribution in [0.4, 0.5) is 0 Å². The van der Waals surface area contributed by atoms with Crippen molar-refractivity contribution in [2.24, 2.45) is 5.73 Å². The van der Waals surface area contributed by atoms with Crippen molar-refractivity contribution in [1.82, 2.24) is 0 Å². The number of hydrogen-bond acceptors (Lipinski definition) is 3. The van der Waals surface area contributed by atoms with Crippen LogP contribution in [0.2, 0.25) is 0 Å². The van der Waals surface area contributed by atoms with Crippen molar-refractivity contribution >= 4 is 9.84 Å². The number of rotatable bonds is 3. The standard InChI is InChI=1S/C11H15NO2S/c1-15(13,14)10-4-2-9(3-5-10)11(8-12)6-7-11/h2-5H,6-8,12H2,1H3. The number of benzene rings is 1. The number of sulfone groups is 1. The van der Waals surface area contributed by atoms with E-state index in [4.69, 9.17) is 5.73 Å². The van der Waals surface area contributed by atoms with E-state index in [0.29, 0.717) is 11.4 Å². The highest BCUT2D eigenvalue weighted by Crippen LogP contribution is 2.47. The summed E-state index contributed by atoms with van der Waals surface area (Å²) in [5.41, 5.74) is 7.01. The van der Waals surface area contributed by atoms with Crippen LogP contribution in [0.15, 0.2) is 29.2 Å². The molecule has 1 aromatic carbocycles. The Morgan fingerprint density at radius 1 is 1.27 bits per heavy atom. The van der Waals surface area contributed by atoms with Gasteiger partial charge in [0.2, 0.25) is 0 Å². The maximum Gasteiger partial charge on any atom is 0.175 e. The first-order chi connectivity index (χ1) is 6.98. The summed E-state index contributed by atoms with van der Waals surface area (Å²) in [6, 6.07) is 7.10. The van der Waals surface area contributed by atoms with Crippen LogP contribution >= 0.6 is 0 Å². The van der Waals surface area contributed by atoms with Crippen LogP contribution in [-0.2, 0) is 15.3 Å². The van der Waals surface area contributed by atoms with E-state index in [2.05, 4.69) is 0 Å². The van der Waals surface area contributed by atoms with Gasteiger partial charge >= 0.3 is 0 Å². The molecule has 0 bridgehead atoms. The number of nitrogens with two attached hydrogens (primary N) is 1. The second kappa shape index (κ2) is 3.32. The van der Waals surface area contributed by atoms with Crippen LogP contribution in [-0.4, -0.2) is 21.2 Å². The summed E-state index contributed by atoms with van der Waals surface area (Å²) in [5, 5.41) is 0. The lowest BCUT2D eigenvalue weighted by Gasteiger charge is -2.12. The molecule has 2 rings (SSSR count). The molecule has 4 heteroatoms. The molecule has 0 saturated heterocycles. The van der Waals surface area contributed by atoms with Gasteiger partial charge in [-0.15, -0.1) is 0 Å². The molecular formula is C11H15NO2S. The van der Waals surface area contributed by atoms with Gasteiger partial charge in [-0.25, -0.2) is 8.42 Å². The lowest BCUT2D eigenvalue weighted by Crippen LogP contribution is -2.19. The number of hydrogen-bond donors (Lipinski definition) is 1. The molecule has 2 N–H and O–H groups in total. The molecule has 1 fully saturated rings. The van der Waals surface area contributed by atoms with Gasteiger partial charge in [-0.3, -0.25) is 0 Å². The van der Waals surface area contributed by atoms with E-state index in [1.807, 2.05) is 12.1 Å². The minimum Gasteiger partial charge on any atom is -0.330 e. The Bertz CT molecular complexity index is 458. The zero-order valence-corrected chi connectivity index (χ0v) is 9.55. The molecule has 1 saturated carbocycles. The average molecular weight is 225 g/mol. The monoisotopic (exact) mass is 225 g/mol. The fourth-order valence-corrected chi connectivity index (χ4v) is 2.45. The largest absolute Gasteiger partial charge is 0.330 e. The maximum absolute atomic E-state index is 11.3.